The van der Waals surface area contributed by atoms with Gasteiger partial charge >= 0.3 is 6.03 Å². The maximum atomic E-state index is 12.7. The van der Waals surface area contributed by atoms with Crippen molar-refractivity contribution in [1.82, 2.24) is 24.5 Å². The summed E-state index contributed by atoms with van der Waals surface area (Å²) in [5.41, 5.74) is -0.0259. The van der Waals surface area contributed by atoms with Crippen molar-refractivity contribution in [3.8, 4) is 0 Å². The Bertz CT molecular complexity index is 721. The number of ether oxygens (including phenoxy) is 1. The molecule has 3 amide bonds. The summed E-state index contributed by atoms with van der Waals surface area (Å²) in [6.07, 6.45) is 3.31. The van der Waals surface area contributed by atoms with E-state index in [1.54, 1.807) is 12.0 Å². The van der Waals surface area contributed by atoms with Gasteiger partial charge in [0.25, 0.3) is 11.5 Å². The van der Waals surface area contributed by atoms with Crippen LogP contribution in [0, 0.1) is 0 Å². The molecule has 2 fully saturated rings. The van der Waals surface area contributed by atoms with Gasteiger partial charge in [0.1, 0.15) is 5.69 Å². The molecule has 3 rings (SSSR count). The number of amides is 3. The second-order valence-corrected chi connectivity index (χ2v) is 6.88. The molecule has 1 aromatic rings. The first kappa shape index (κ1) is 19.3. The molecule has 148 valence electrons. The lowest BCUT2D eigenvalue weighted by Crippen LogP contribution is -2.54. The van der Waals surface area contributed by atoms with Crippen LogP contribution in [0.15, 0.2) is 16.9 Å². The van der Waals surface area contributed by atoms with E-state index in [1.165, 1.54) is 23.2 Å². The minimum atomic E-state index is -0.263. The molecule has 1 aromatic heterocycles. The van der Waals surface area contributed by atoms with Crippen LogP contribution in [0.4, 0.5) is 4.79 Å². The second kappa shape index (κ2) is 8.98. The molecule has 0 aromatic carbocycles. The third kappa shape index (κ3) is 4.65. The highest BCUT2D eigenvalue weighted by Gasteiger charge is 2.28. The lowest BCUT2D eigenvalue weighted by molar-refractivity contribution is 0.0624. The summed E-state index contributed by atoms with van der Waals surface area (Å²) in [5, 5.41) is 4.16. The molecule has 9 heteroatoms. The zero-order valence-corrected chi connectivity index (χ0v) is 15.8. The number of rotatable bonds is 4. The summed E-state index contributed by atoms with van der Waals surface area (Å²) in [5.74, 6) is -0.216. The summed E-state index contributed by atoms with van der Waals surface area (Å²) in [4.78, 5) is 42.5. The zero-order valence-electron chi connectivity index (χ0n) is 15.8. The van der Waals surface area contributed by atoms with Crippen LogP contribution in [0.2, 0.25) is 0 Å². The van der Waals surface area contributed by atoms with Gasteiger partial charge in [-0.15, -0.1) is 0 Å². The molecule has 0 spiro atoms. The van der Waals surface area contributed by atoms with Crippen LogP contribution < -0.4 is 5.56 Å². The Labute approximate surface area is 158 Å². The van der Waals surface area contributed by atoms with Crippen LogP contribution in [0.25, 0.3) is 0 Å². The smallest absolute Gasteiger partial charge is 0.320 e. The van der Waals surface area contributed by atoms with Crippen molar-refractivity contribution in [2.45, 2.75) is 25.8 Å². The van der Waals surface area contributed by atoms with Crippen LogP contribution in [-0.2, 0) is 11.3 Å². The summed E-state index contributed by atoms with van der Waals surface area (Å²) >= 11 is 0. The molecular weight excluding hydrogens is 350 g/mol. The van der Waals surface area contributed by atoms with Crippen LogP contribution >= 0.6 is 0 Å². The number of carbonyl (C=O) groups is 2. The van der Waals surface area contributed by atoms with Gasteiger partial charge in [0.15, 0.2) is 0 Å². The molecule has 27 heavy (non-hydrogen) atoms. The van der Waals surface area contributed by atoms with E-state index in [0.29, 0.717) is 39.3 Å². The van der Waals surface area contributed by atoms with Gasteiger partial charge in [0, 0.05) is 52.4 Å². The first-order chi connectivity index (χ1) is 13.1. The van der Waals surface area contributed by atoms with Crippen molar-refractivity contribution in [3.05, 3.63) is 28.2 Å². The van der Waals surface area contributed by atoms with Gasteiger partial charge in [0.2, 0.25) is 0 Å². The number of methoxy groups -OCH3 is 1. The fraction of sp³-hybridized carbons (Fsp3) is 0.667. The third-order valence-electron chi connectivity index (χ3n) is 5.06. The van der Waals surface area contributed by atoms with Gasteiger partial charge in [-0.25, -0.2) is 9.48 Å². The molecular formula is C18H27N5O4. The van der Waals surface area contributed by atoms with Crippen molar-refractivity contribution < 1.29 is 14.3 Å². The maximum absolute atomic E-state index is 12.7. The third-order valence-corrected chi connectivity index (χ3v) is 5.06. The minimum Gasteiger partial charge on any atom is -0.383 e. The molecule has 2 aliphatic heterocycles. The number of piperazine rings is 1. The van der Waals surface area contributed by atoms with Crippen LogP contribution in [-0.4, -0.2) is 89.4 Å². The predicted molar refractivity (Wildman–Crippen MR) is 98.7 cm³/mol. The Morgan fingerprint density at radius 3 is 2.26 bits per heavy atom. The largest absolute Gasteiger partial charge is 0.383 e. The average Bonchev–Trinajstić information content (AvgIpc) is 2.73. The van der Waals surface area contributed by atoms with Crippen LogP contribution in [0.3, 0.4) is 0 Å². The van der Waals surface area contributed by atoms with E-state index >= 15 is 0 Å². The van der Waals surface area contributed by atoms with E-state index in [9.17, 15) is 14.4 Å². The predicted octanol–water partition coefficient (Wildman–Crippen LogP) is 0.253. The monoisotopic (exact) mass is 377 g/mol. The van der Waals surface area contributed by atoms with Gasteiger partial charge in [-0.3, -0.25) is 9.59 Å². The van der Waals surface area contributed by atoms with E-state index in [-0.39, 0.29) is 23.2 Å². The molecule has 3 heterocycles. The summed E-state index contributed by atoms with van der Waals surface area (Å²) in [6.45, 7) is 4.27. The number of hydrogen-bond acceptors (Lipinski definition) is 5. The molecule has 0 aliphatic carbocycles. The Morgan fingerprint density at radius 1 is 0.963 bits per heavy atom. The molecule has 0 unspecified atom stereocenters. The van der Waals surface area contributed by atoms with Crippen molar-refractivity contribution >= 4 is 11.9 Å². The highest BCUT2D eigenvalue weighted by atomic mass is 16.5. The summed E-state index contributed by atoms with van der Waals surface area (Å²) < 4.78 is 6.21. The Morgan fingerprint density at radius 2 is 1.59 bits per heavy atom. The Balaban J connectivity index is 1.58. The highest BCUT2D eigenvalue weighted by Crippen LogP contribution is 2.13. The average molecular weight is 377 g/mol. The highest BCUT2D eigenvalue weighted by molar-refractivity contribution is 5.92. The van der Waals surface area contributed by atoms with Crippen molar-refractivity contribution in [1.29, 1.82) is 0 Å². The molecule has 2 saturated heterocycles. The summed E-state index contributed by atoms with van der Waals surface area (Å²) in [7, 11) is 1.55. The lowest BCUT2D eigenvalue weighted by atomic mass is 10.1. The van der Waals surface area contributed by atoms with E-state index < -0.39 is 0 Å². The number of nitrogens with zero attached hydrogens (tertiary/aromatic N) is 5. The van der Waals surface area contributed by atoms with Crippen molar-refractivity contribution in [2.24, 2.45) is 0 Å². The fourth-order valence-electron chi connectivity index (χ4n) is 3.45. The molecule has 2 aliphatic rings. The molecule has 0 bridgehead atoms. The standard InChI is InChI=1S/C18H27N5O4/c1-27-14-13-23-16(24)6-5-15(19-23)17(25)20-9-11-22(12-10-20)18(26)21-7-3-2-4-8-21/h5-6H,2-4,7-14H2,1H3. The number of likely N-dealkylation sites (tertiary alicyclic amines) is 1. The Hall–Kier alpha value is -2.42. The van der Waals surface area contributed by atoms with E-state index in [4.69, 9.17) is 4.74 Å². The Kier molecular flexibility index (Phi) is 6.44. The SMILES string of the molecule is COCCn1nc(C(=O)N2CCN(C(=O)N3CCCCC3)CC2)ccc1=O. The fourth-order valence-corrected chi connectivity index (χ4v) is 3.45. The molecule has 0 saturated carbocycles. The van der Waals surface area contributed by atoms with Crippen molar-refractivity contribution in [2.75, 3.05) is 53.0 Å². The minimum absolute atomic E-state index is 0.0769. The maximum Gasteiger partial charge on any atom is 0.320 e. The topological polar surface area (TPSA) is 88.0 Å². The zero-order chi connectivity index (χ0) is 19.2. The molecule has 0 N–H and O–H groups in total. The van der Waals surface area contributed by atoms with Gasteiger partial charge in [0.05, 0.1) is 13.2 Å². The van der Waals surface area contributed by atoms with Gasteiger partial charge in [-0.2, -0.15) is 5.10 Å². The van der Waals surface area contributed by atoms with Crippen molar-refractivity contribution in [3.63, 3.8) is 0 Å². The van der Waals surface area contributed by atoms with Gasteiger partial charge < -0.3 is 19.4 Å². The number of urea groups is 1. The van der Waals surface area contributed by atoms with Gasteiger partial charge in [-0.1, -0.05) is 0 Å². The van der Waals surface area contributed by atoms with E-state index in [1.807, 2.05) is 9.80 Å². The quantitative estimate of drug-likeness (QED) is 0.751. The molecule has 0 radical (unpaired) electrons. The number of carbonyl (C=O) groups excluding carboxylic acids is 2. The number of aromatic nitrogens is 2. The summed E-state index contributed by atoms with van der Waals surface area (Å²) in [6, 6.07) is 2.89. The normalized spacial score (nSPS) is 17.9. The first-order valence-corrected chi connectivity index (χ1v) is 9.50. The molecule has 9 nitrogen and oxygen atoms in total. The first-order valence-electron chi connectivity index (χ1n) is 9.50. The van der Waals surface area contributed by atoms with Gasteiger partial charge in [-0.05, 0) is 25.3 Å². The second-order valence-electron chi connectivity index (χ2n) is 6.88. The van der Waals surface area contributed by atoms with E-state index in [0.717, 1.165) is 25.9 Å². The van der Waals surface area contributed by atoms with Crippen LogP contribution in [0.1, 0.15) is 29.8 Å². The number of piperidine rings is 1. The van der Waals surface area contributed by atoms with E-state index in [2.05, 4.69) is 5.10 Å². The number of hydrogen-bond donors (Lipinski definition) is 0. The molecule has 0 atom stereocenters. The van der Waals surface area contributed by atoms with Crippen LogP contribution in [0.5, 0.6) is 0 Å². The lowest BCUT2D eigenvalue weighted by Gasteiger charge is -2.38.